The van der Waals surface area contributed by atoms with Gasteiger partial charge in [-0.2, -0.15) is 0 Å². The van der Waals surface area contributed by atoms with Crippen LogP contribution >= 0.6 is 0 Å². The molecular weight excluding hydrogens is 332 g/mol. The molecule has 6 nitrogen and oxygen atoms in total. The van der Waals surface area contributed by atoms with Crippen molar-refractivity contribution in [2.75, 3.05) is 0 Å². The maximum absolute atomic E-state index is 12.5. The number of carboxylic acid groups (broad SMARTS) is 1. The van der Waals surface area contributed by atoms with Crippen molar-refractivity contribution >= 4 is 17.8 Å². The molecule has 26 heavy (non-hydrogen) atoms. The maximum atomic E-state index is 12.5. The first-order chi connectivity index (χ1) is 12.4. The Morgan fingerprint density at radius 1 is 1.04 bits per heavy atom. The van der Waals surface area contributed by atoms with Gasteiger partial charge < -0.3 is 15.7 Å². The fraction of sp³-hybridized carbons (Fsp3) is 0.250. The molecule has 0 aromatic heterocycles. The van der Waals surface area contributed by atoms with E-state index in [2.05, 4.69) is 10.6 Å². The van der Waals surface area contributed by atoms with Gasteiger partial charge in [-0.25, -0.2) is 0 Å². The summed E-state index contributed by atoms with van der Waals surface area (Å²) in [7, 11) is 0. The Kier molecular flexibility index (Phi) is 6.49. The van der Waals surface area contributed by atoms with Gasteiger partial charge in [0.1, 0.15) is 0 Å². The summed E-state index contributed by atoms with van der Waals surface area (Å²) in [6.45, 7) is 3.71. The van der Waals surface area contributed by atoms with E-state index in [-0.39, 0.29) is 18.2 Å². The van der Waals surface area contributed by atoms with Gasteiger partial charge in [0.25, 0.3) is 5.91 Å². The molecule has 0 heterocycles. The van der Waals surface area contributed by atoms with Crippen molar-refractivity contribution in [2.45, 2.75) is 32.9 Å². The summed E-state index contributed by atoms with van der Waals surface area (Å²) in [6.07, 6.45) is -0.197. The third kappa shape index (κ3) is 5.44. The van der Waals surface area contributed by atoms with E-state index in [1.807, 2.05) is 31.2 Å². The number of hydrogen-bond donors (Lipinski definition) is 3. The fourth-order valence-corrected chi connectivity index (χ4v) is 2.63. The highest BCUT2D eigenvalue weighted by Crippen LogP contribution is 2.21. The molecule has 1 atom stereocenters. The van der Waals surface area contributed by atoms with E-state index in [4.69, 9.17) is 0 Å². The van der Waals surface area contributed by atoms with Crippen LogP contribution in [-0.4, -0.2) is 22.9 Å². The van der Waals surface area contributed by atoms with Crippen LogP contribution in [0.15, 0.2) is 48.5 Å². The SMILES string of the molecule is CC(=O)NCc1ccc(C(=O)NC(CC(=O)O)c2ccccc2C)cc1. The molecule has 136 valence electrons. The van der Waals surface area contributed by atoms with Gasteiger partial charge in [-0.1, -0.05) is 36.4 Å². The molecule has 2 amide bonds. The van der Waals surface area contributed by atoms with Crippen LogP contribution in [0, 0.1) is 6.92 Å². The summed E-state index contributed by atoms with van der Waals surface area (Å²) in [5, 5.41) is 14.7. The van der Waals surface area contributed by atoms with Crippen LogP contribution in [0.5, 0.6) is 0 Å². The van der Waals surface area contributed by atoms with Crippen LogP contribution in [0.1, 0.15) is 46.4 Å². The van der Waals surface area contributed by atoms with Crippen LogP contribution in [-0.2, 0) is 16.1 Å². The maximum Gasteiger partial charge on any atom is 0.305 e. The quantitative estimate of drug-likeness (QED) is 0.712. The molecule has 0 radical (unpaired) electrons. The number of amides is 2. The molecule has 2 aromatic carbocycles. The first-order valence-corrected chi connectivity index (χ1v) is 8.28. The van der Waals surface area contributed by atoms with Crippen molar-refractivity contribution in [1.29, 1.82) is 0 Å². The molecule has 0 saturated carbocycles. The van der Waals surface area contributed by atoms with Gasteiger partial charge in [0.15, 0.2) is 0 Å². The van der Waals surface area contributed by atoms with Gasteiger partial charge in [0.2, 0.25) is 5.91 Å². The number of hydrogen-bond acceptors (Lipinski definition) is 3. The summed E-state index contributed by atoms with van der Waals surface area (Å²) in [5.74, 6) is -1.45. The lowest BCUT2D eigenvalue weighted by atomic mass is 9.98. The Bertz CT molecular complexity index is 800. The van der Waals surface area contributed by atoms with Crippen LogP contribution in [0.25, 0.3) is 0 Å². The lowest BCUT2D eigenvalue weighted by Gasteiger charge is -2.19. The topological polar surface area (TPSA) is 95.5 Å². The van der Waals surface area contributed by atoms with Crippen LogP contribution in [0.4, 0.5) is 0 Å². The molecule has 1 unspecified atom stereocenters. The number of carbonyl (C=O) groups excluding carboxylic acids is 2. The highest BCUT2D eigenvalue weighted by molar-refractivity contribution is 5.94. The highest BCUT2D eigenvalue weighted by Gasteiger charge is 2.20. The zero-order valence-electron chi connectivity index (χ0n) is 14.8. The van der Waals surface area contributed by atoms with E-state index in [1.54, 1.807) is 24.3 Å². The Morgan fingerprint density at radius 2 is 1.69 bits per heavy atom. The molecular formula is C20H22N2O4. The van der Waals surface area contributed by atoms with Gasteiger partial charge >= 0.3 is 5.97 Å². The molecule has 0 aliphatic rings. The summed E-state index contributed by atoms with van der Waals surface area (Å²) in [5.41, 5.74) is 3.01. The van der Waals surface area contributed by atoms with E-state index >= 15 is 0 Å². The smallest absolute Gasteiger partial charge is 0.305 e. The monoisotopic (exact) mass is 354 g/mol. The van der Waals surface area contributed by atoms with Gasteiger partial charge in [-0.15, -0.1) is 0 Å². The number of benzene rings is 2. The average Bonchev–Trinajstić information content (AvgIpc) is 2.60. The van der Waals surface area contributed by atoms with Gasteiger partial charge in [0, 0.05) is 19.0 Å². The van der Waals surface area contributed by atoms with Crippen molar-refractivity contribution in [3.05, 3.63) is 70.8 Å². The molecule has 0 aliphatic carbocycles. The average molecular weight is 354 g/mol. The normalized spacial score (nSPS) is 11.5. The number of carboxylic acids is 1. The fourth-order valence-electron chi connectivity index (χ4n) is 2.63. The minimum absolute atomic E-state index is 0.124. The number of aryl methyl sites for hydroxylation is 1. The van der Waals surface area contributed by atoms with Crippen molar-refractivity contribution in [1.82, 2.24) is 10.6 Å². The molecule has 3 N–H and O–H groups in total. The minimum Gasteiger partial charge on any atom is -0.481 e. The van der Waals surface area contributed by atoms with Crippen molar-refractivity contribution < 1.29 is 19.5 Å². The molecule has 6 heteroatoms. The van der Waals surface area contributed by atoms with E-state index in [0.29, 0.717) is 12.1 Å². The predicted octanol–water partition coefficient (Wildman–Crippen LogP) is 2.58. The second-order valence-electron chi connectivity index (χ2n) is 6.09. The lowest BCUT2D eigenvalue weighted by molar-refractivity contribution is -0.137. The summed E-state index contributed by atoms with van der Waals surface area (Å²) >= 11 is 0. The van der Waals surface area contributed by atoms with E-state index in [0.717, 1.165) is 16.7 Å². The van der Waals surface area contributed by atoms with Crippen LogP contribution < -0.4 is 10.6 Å². The van der Waals surface area contributed by atoms with Crippen LogP contribution in [0.2, 0.25) is 0 Å². The van der Waals surface area contributed by atoms with E-state index in [1.165, 1.54) is 6.92 Å². The Balaban J connectivity index is 2.12. The second-order valence-corrected chi connectivity index (χ2v) is 6.09. The second kappa shape index (κ2) is 8.80. The zero-order chi connectivity index (χ0) is 19.1. The third-order valence-corrected chi connectivity index (χ3v) is 4.01. The number of aliphatic carboxylic acids is 1. The Labute approximate surface area is 152 Å². The van der Waals surface area contributed by atoms with Crippen molar-refractivity contribution in [3.8, 4) is 0 Å². The molecule has 0 aliphatic heterocycles. The summed E-state index contributed by atoms with van der Waals surface area (Å²) < 4.78 is 0. The molecule has 2 rings (SSSR count). The number of rotatable bonds is 7. The number of nitrogens with one attached hydrogen (secondary N) is 2. The highest BCUT2D eigenvalue weighted by atomic mass is 16.4. The van der Waals surface area contributed by atoms with E-state index in [9.17, 15) is 19.5 Å². The Hall–Kier alpha value is -3.15. The first-order valence-electron chi connectivity index (χ1n) is 8.28. The van der Waals surface area contributed by atoms with Gasteiger partial charge in [-0.3, -0.25) is 14.4 Å². The van der Waals surface area contributed by atoms with Crippen molar-refractivity contribution in [2.24, 2.45) is 0 Å². The van der Waals surface area contributed by atoms with Crippen LogP contribution in [0.3, 0.4) is 0 Å². The molecule has 2 aromatic rings. The molecule has 0 spiro atoms. The molecule has 0 saturated heterocycles. The Morgan fingerprint density at radius 3 is 2.27 bits per heavy atom. The zero-order valence-corrected chi connectivity index (χ0v) is 14.8. The standard InChI is InChI=1S/C20H22N2O4/c1-13-5-3-4-6-17(13)18(11-19(24)25)22-20(26)16-9-7-15(8-10-16)12-21-14(2)23/h3-10,18H,11-12H2,1-2H3,(H,21,23)(H,22,26)(H,24,25). The summed E-state index contributed by atoms with van der Waals surface area (Å²) in [6, 6.07) is 13.6. The van der Waals surface area contributed by atoms with Gasteiger partial charge in [-0.05, 0) is 35.7 Å². The van der Waals surface area contributed by atoms with Crippen molar-refractivity contribution in [3.63, 3.8) is 0 Å². The third-order valence-electron chi connectivity index (χ3n) is 4.01. The number of carbonyl (C=O) groups is 3. The summed E-state index contributed by atoms with van der Waals surface area (Å²) in [4.78, 5) is 34.7. The molecule has 0 fully saturated rings. The molecule has 0 bridgehead atoms. The first kappa shape index (κ1) is 19.2. The minimum atomic E-state index is -0.982. The largest absolute Gasteiger partial charge is 0.481 e. The predicted molar refractivity (Wildman–Crippen MR) is 97.6 cm³/mol. The lowest BCUT2D eigenvalue weighted by Crippen LogP contribution is -2.30. The van der Waals surface area contributed by atoms with Gasteiger partial charge in [0.05, 0.1) is 12.5 Å². The van der Waals surface area contributed by atoms with E-state index < -0.39 is 12.0 Å².